The number of pyridine rings is 1. The van der Waals surface area contributed by atoms with Crippen LogP contribution in [0.25, 0.3) is 10.9 Å². The smallest absolute Gasteiger partial charge is 0.119 e. The van der Waals surface area contributed by atoms with Gasteiger partial charge >= 0.3 is 0 Å². The maximum atomic E-state index is 6.20. The number of hydrogen-bond donors (Lipinski definition) is 1. The Balaban J connectivity index is 1.87. The van der Waals surface area contributed by atoms with E-state index in [9.17, 15) is 0 Å². The van der Waals surface area contributed by atoms with Gasteiger partial charge in [0.2, 0.25) is 0 Å². The Hall–Kier alpha value is -2.26. The second-order valence-electron chi connectivity index (χ2n) is 4.70. The van der Waals surface area contributed by atoms with Crippen LogP contribution in [0.1, 0.15) is 5.56 Å². The van der Waals surface area contributed by atoms with Gasteiger partial charge in [0, 0.05) is 18.1 Å². The van der Waals surface area contributed by atoms with Crippen LogP contribution in [0.2, 0.25) is 5.02 Å². The van der Waals surface area contributed by atoms with Crippen molar-refractivity contribution in [3.63, 3.8) is 0 Å². The fraction of sp³-hybridized carbons (Fsp3) is 0.118. The molecule has 3 nitrogen and oxygen atoms in total. The molecular formula is C17H15ClN2O. The van der Waals surface area contributed by atoms with E-state index in [4.69, 9.17) is 16.3 Å². The maximum Gasteiger partial charge on any atom is 0.119 e. The topological polar surface area (TPSA) is 34.1 Å². The first-order valence-corrected chi connectivity index (χ1v) is 7.06. The van der Waals surface area contributed by atoms with E-state index in [1.807, 2.05) is 42.5 Å². The minimum Gasteiger partial charge on any atom is -0.497 e. The van der Waals surface area contributed by atoms with Gasteiger partial charge in [-0.2, -0.15) is 0 Å². The van der Waals surface area contributed by atoms with Gasteiger partial charge in [-0.15, -0.1) is 0 Å². The average Bonchev–Trinajstić information content (AvgIpc) is 2.55. The number of benzene rings is 2. The molecule has 1 aromatic heterocycles. The summed E-state index contributed by atoms with van der Waals surface area (Å²) < 4.78 is 5.24. The highest BCUT2D eigenvalue weighted by Gasteiger charge is 2.05. The summed E-state index contributed by atoms with van der Waals surface area (Å²) in [5, 5.41) is 5.07. The Morgan fingerprint density at radius 1 is 1.14 bits per heavy atom. The number of aromatic nitrogens is 1. The minimum absolute atomic E-state index is 0.699. The molecule has 0 amide bonds. The number of hydrogen-bond acceptors (Lipinski definition) is 3. The Morgan fingerprint density at radius 3 is 2.90 bits per heavy atom. The zero-order valence-corrected chi connectivity index (χ0v) is 12.4. The predicted molar refractivity (Wildman–Crippen MR) is 87.1 cm³/mol. The van der Waals surface area contributed by atoms with Crippen molar-refractivity contribution in [1.82, 2.24) is 4.98 Å². The van der Waals surface area contributed by atoms with Crippen molar-refractivity contribution in [1.29, 1.82) is 0 Å². The van der Waals surface area contributed by atoms with Gasteiger partial charge in [0.05, 0.1) is 23.3 Å². The molecule has 0 aliphatic carbocycles. The summed E-state index contributed by atoms with van der Waals surface area (Å²) in [4.78, 5) is 4.42. The summed E-state index contributed by atoms with van der Waals surface area (Å²) in [6, 6.07) is 15.7. The lowest BCUT2D eigenvalue weighted by atomic mass is 10.1. The average molecular weight is 299 g/mol. The quantitative estimate of drug-likeness (QED) is 0.769. The summed E-state index contributed by atoms with van der Waals surface area (Å²) in [6.45, 7) is 0.699. The second kappa shape index (κ2) is 6.02. The molecule has 0 unspecified atom stereocenters. The lowest BCUT2D eigenvalue weighted by Crippen LogP contribution is -2.01. The van der Waals surface area contributed by atoms with Crippen molar-refractivity contribution in [3.05, 3.63) is 65.3 Å². The lowest BCUT2D eigenvalue weighted by molar-refractivity contribution is 0.414. The summed E-state index contributed by atoms with van der Waals surface area (Å²) in [7, 11) is 1.67. The first-order valence-electron chi connectivity index (χ1n) is 6.68. The number of nitrogens with zero attached hydrogens (tertiary/aromatic N) is 1. The van der Waals surface area contributed by atoms with Crippen molar-refractivity contribution < 1.29 is 4.74 Å². The molecule has 1 N–H and O–H groups in total. The normalized spacial score (nSPS) is 10.6. The number of nitrogens with one attached hydrogen (secondary N) is 1. The zero-order chi connectivity index (χ0) is 14.7. The van der Waals surface area contributed by atoms with Gasteiger partial charge in [0.25, 0.3) is 0 Å². The largest absolute Gasteiger partial charge is 0.497 e. The number of fused-ring (bicyclic) bond motifs is 1. The van der Waals surface area contributed by atoms with E-state index in [1.54, 1.807) is 13.3 Å². The van der Waals surface area contributed by atoms with Gasteiger partial charge in [-0.1, -0.05) is 23.7 Å². The third kappa shape index (κ3) is 2.93. The lowest BCUT2D eigenvalue weighted by Gasteiger charge is -2.11. The number of ether oxygens (including phenoxy) is 1. The maximum absolute atomic E-state index is 6.20. The molecule has 4 heteroatoms. The van der Waals surface area contributed by atoms with E-state index in [-0.39, 0.29) is 0 Å². The fourth-order valence-electron chi connectivity index (χ4n) is 2.26. The Kier molecular flexibility index (Phi) is 3.93. The van der Waals surface area contributed by atoms with Crippen molar-refractivity contribution in [3.8, 4) is 5.75 Å². The third-order valence-corrected chi connectivity index (χ3v) is 3.66. The molecule has 0 saturated heterocycles. The van der Waals surface area contributed by atoms with Crippen molar-refractivity contribution in [2.45, 2.75) is 6.54 Å². The molecule has 0 spiro atoms. The van der Waals surface area contributed by atoms with Crippen LogP contribution >= 0.6 is 11.6 Å². The van der Waals surface area contributed by atoms with Crippen LogP contribution in [0, 0.1) is 0 Å². The Bertz CT molecular complexity index is 774. The third-order valence-electron chi connectivity index (χ3n) is 3.33. The molecule has 0 aliphatic rings. The molecule has 0 radical (unpaired) electrons. The van der Waals surface area contributed by atoms with Gasteiger partial charge in [0.1, 0.15) is 5.75 Å². The van der Waals surface area contributed by atoms with Crippen LogP contribution < -0.4 is 10.1 Å². The molecule has 0 bridgehead atoms. The number of halogens is 1. The SMILES string of the molecule is COc1cccc(CNc2ccc(Cl)c3cccnc23)c1. The van der Waals surface area contributed by atoms with Crippen LogP contribution in [0.15, 0.2) is 54.7 Å². The summed E-state index contributed by atoms with van der Waals surface area (Å²) >= 11 is 6.20. The highest BCUT2D eigenvalue weighted by molar-refractivity contribution is 6.35. The van der Waals surface area contributed by atoms with E-state index in [2.05, 4.69) is 16.4 Å². The summed E-state index contributed by atoms with van der Waals surface area (Å²) in [5.74, 6) is 0.855. The molecule has 0 atom stereocenters. The Labute approximate surface area is 128 Å². The molecule has 1 heterocycles. The molecule has 0 aliphatic heterocycles. The van der Waals surface area contributed by atoms with Crippen LogP contribution in [0.3, 0.4) is 0 Å². The Morgan fingerprint density at radius 2 is 2.05 bits per heavy atom. The zero-order valence-electron chi connectivity index (χ0n) is 11.6. The van der Waals surface area contributed by atoms with Gasteiger partial charge < -0.3 is 10.1 Å². The number of rotatable bonds is 4. The number of methoxy groups -OCH3 is 1. The van der Waals surface area contributed by atoms with Crippen molar-refractivity contribution in [2.75, 3.05) is 12.4 Å². The van der Waals surface area contributed by atoms with Crippen molar-refractivity contribution in [2.24, 2.45) is 0 Å². The second-order valence-corrected chi connectivity index (χ2v) is 5.11. The van der Waals surface area contributed by atoms with E-state index in [0.717, 1.165) is 27.9 Å². The van der Waals surface area contributed by atoms with Crippen LogP contribution in [-0.2, 0) is 6.54 Å². The van der Waals surface area contributed by atoms with E-state index in [0.29, 0.717) is 11.6 Å². The van der Waals surface area contributed by atoms with Crippen LogP contribution in [0.4, 0.5) is 5.69 Å². The molecule has 106 valence electrons. The number of anilines is 1. The molecule has 2 aromatic carbocycles. The molecule has 3 aromatic rings. The van der Waals surface area contributed by atoms with Gasteiger partial charge in [-0.25, -0.2) is 0 Å². The monoisotopic (exact) mass is 298 g/mol. The highest BCUT2D eigenvalue weighted by Crippen LogP contribution is 2.28. The first-order chi connectivity index (χ1) is 10.3. The molecular weight excluding hydrogens is 284 g/mol. The van der Waals surface area contributed by atoms with Gasteiger partial charge in [-0.05, 0) is 42.0 Å². The van der Waals surface area contributed by atoms with Crippen LogP contribution in [-0.4, -0.2) is 12.1 Å². The molecule has 3 rings (SSSR count). The molecule has 0 saturated carbocycles. The van der Waals surface area contributed by atoms with Crippen molar-refractivity contribution >= 4 is 28.2 Å². The van der Waals surface area contributed by atoms with E-state index >= 15 is 0 Å². The van der Waals surface area contributed by atoms with E-state index < -0.39 is 0 Å². The first kappa shape index (κ1) is 13.7. The summed E-state index contributed by atoms with van der Waals surface area (Å²) in [5.41, 5.74) is 3.00. The fourth-order valence-corrected chi connectivity index (χ4v) is 2.48. The molecule has 21 heavy (non-hydrogen) atoms. The standard InChI is InChI=1S/C17H15ClN2O/c1-21-13-5-2-4-12(10-13)11-20-16-8-7-15(18)14-6-3-9-19-17(14)16/h2-10,20H,11H2,1H3. The molecule has 0 fully saturated rings. The predicted octanol–water partition coefficient (Wildman–Crippen LogP) is 4.51. The van der Waals surface area contributed by atoms with Crippen LogP contribution in [0.5, 0.6) is 5.75 Å². The highest BCUT2D eigenvalue weighted by atomic mass is 35.5. The van der Waals surface area contributed by atoms with Gasteiger partial charge in [0.15, 0.2) is 0 Å². The summed E-state index contributed by atoms with van der Waals surface area (Å²) in [6.07, 6.45) is 1.77. The van der Waals surface area contributed by atoms with Gasteiger partial charge in [-0.3, -0.25) is 4.98 Å². The minimum atomic E-state index is 0.699. The van der Waals surface area contributed by atoms with E-state index in [1.165, 1.54) is 0 Å².